The SMILES string of the molecule is NNC(Cc1ccc2c(c1)CCC2)c1ccc(F)cc1I. The summed E-state index contributed by atoms with van der Waals surface area (Å²) in [5.74, 6) is 5.51. The summed E-state index contributed by atoms with van der Waals surface area (Å²) in [5, 5.41) is 0. The molecule has 2 aromatic rings. The van der Waals surface area contributed by atoms with Gasteiger partial charge in [0.25, 0.3) is 0 Å². The van der Waals surface area contributed by atoms with Gasteiger partial charge in [0, 0.05) is 3.57 Å². The van der Waals surface area contributed by atoms with E-state index in [0.29, 0.717) is 0 Å². The van der Waals surface area contributed by atoms with Crippen LogP contribution in [0.3, 0.4) is 0 Å². The van der Waals surface area contributed by atoms with E-state index in [4.69, 9.17) is 5.84 Å². The Labute approximate surface area is 138 Å². The minimum absolute atomic E-state index is 0.00282. The summed E-state index contributed by atoms with van der Waals surface area (Å²) < 4.78 is 14.1. The number of benzene rings is 2. The maximum atomic E-state index is 13.2. The van der Waals surface area contributed by atoms with Crippen LogP contribution in [0.25, 0.3) is 0 Å². The number of fused-ring (bicyclic) bond motifs is 1. The van der Waals surface area contributed by atoms with Crippen molar-refractivity contribution in [3.05, 3.63) is 68.0 Å². The smallest absolute Gasteiger partial charge is 0.124 e. The summed E-state index contributed by atoms with van der Waals surface area (Å²) in [6.45, 7) is 0. The Morgan fingerprint density at radius 1 is 1.14 bits per heavy atom. The Bertz CT molecular complexity index is 657. The van der Waals surface area contributed by atoms with Crippen molar-refractivity contribution in [2.45, 2.75) is 31.7 Å². The quantitative estimate of drug-likeness (QED) is 0.470. The molecule has 0 bridgehead atoms. The van der Waals surface area contributed by atoms with Crippen LogP contribution < -0.4 is 11.3 Å². The summed E-state index contributed by atoms with van der Waals surface area (Å²) in [5.41, 5.74) is 8.13. The zero-order valence-corrected chi connectivity index (χ0v) is 13.9. The molecule has 21 heavy (non-hydrogen) atoms. The lowest BCUT2D eigenvalue weighted by Crippen LogP contribution is -2.30. The van der Waals surface area contributed by atoms with Crippen molar-refractivity contribution >= 4 is 22.6 Å². The molecule has 0 aromatic heterocycles. The van der Waals surface area contributed by atoms with E-state index >= 15 is 0 Å². The van der Waals surface area contributed by atoms with Gasteiger partial charge in [0.05, 0.1) is 6.04 Å². The second kappa shape index (κ2) is 6.42. The predicted octanol–water partition coefficient (Wildman–Crippen LogP) is 3.67. The van der Waals surface area contributed by atoms with E-state index in [2.05, 4.69) is 46.2 Å². The summed E-state index contributed by atoms with van der Waals surface area (Å²) >= 11 is 2.16. The van der Waals surface area contributed by atoms with E-state index in [0.717, 1.165) is 15.6 Å². The highest BCUT2D eigenvalue weighted by Crippen LogP contribution is 2.27. The molecule has 0 saturated carbocycles. The fraction of sp³-hybridized carbons (Fsp3) is 0.294. The number of aryl methyl sites for hydroxylation is 2. The van der Waals surface area contributed by atoms with Crippen molar-refractivity contribution in [3.8, 4) is 0 Å². The molecule has 110 valence electrons. The number of nitrogens with one attached hydrogen (secondary N) is 1. The molecular formula is C17H18FIN2. The minimum atomic E-state index is -0.212. The molecule has 0 saturated heterocycles. The van der Waals surface area contributed by atoms with Gasteiger partial charge in [-0.15, -0.1) is 0 Å². The summed E-state index contributed by atoms with van der Waals surface area (Å²) in [6, 6.07) is 11.6. The molecule has 1 aliphatic rings. The van der Waals surface area contributed by atoms with Crippen molar-refractivity contribution in [2.75, 3.05) is 0 Å². The number of hydrogen-bond acceptors (Lipinski definition) is 2. The van der Waals surface area contributed by atoms with Crippen LogP contribution in [0.15, 0.2) is 36.4 Å². The van der Waals surface area contributed by atoms with Crippen LogP contribution in [-0.4, -0.2) is 0 Å². The Kier molecular flexibility index (Phi) is 4.57. The average molecular weight is 396 g/mol. The van der Waals surface area contributed by atoms with Crippen LogP contribution in [-0.2, 0) is 19.3 Å². The van der Waals surface area contributed by atoms with Gasteiger partial charge in [-0.05, 0) is 82.7 Å². The van der Waals surface area contributed by atoms with Gasteiger partial charge < -0.3 is 0 Å². The van der Waals surface area contributed by atoms with Gasteiger partial charge in [-0.1, -0.05) is 24.3 Å². The van der Waals surface area contributed by atoms with Gasteiger partial charge in [0.2, 0.25) is 0 Å². The van der Waals surface area contributed by atoms with E-state index in [-0.39, 0.29) is 11.9 Å². The Balaban J connectivity index is 1.84. The normalized spacial score (nSPS) is 15.0. The van der Waals surface area contributed by atoms with Crippen LogP contribution in [0.1, 0.15) is 34.7 Å². The largest absolute Gasteiger partial charge is 0.271 e. The highest BCUT2D eigenvalue weighted by Gasteiger charge is 2.16. The Hall–Kier alpha value is -0.980. The van der Waals surface area contributed by atoms with E-state index in [9.17, 15) is 4.39 Å². The third-order valence-corrected chi connectivity index (χ3v) is 5.08. The van der Waals surface area contributed by atoms with Crippen LogP contribution >= 0.6 is 22.6 Å². The number of halogens is 2. The van der Waals surface area contributed by atoms with Gasteiger partial charge in [0.1, 0.15) is 5.82 Å². The first kappa shape index (κ1) is 14.9. The van der Waals surface area contributed by atoms with E-state index in [1.165, 1.54) is 42.0 Å². The van der Waals surface area contributed by atoms with Crippen molar-refractivity contribution in [3.63, 3.8) is 0 Å². The molecule has 4 heteroatoms. The lowest BCUT2D eigenvalue weighted by molar-refractivity contribution is 0.546. The second-order valence-corrected chi connectivity index (χ2v) is 6.71. The van der Waals surface area contributed by atoms with Gasteiger partial charge in [-0.25, -0.2) is 4.39 Å². The lowest BCUT2D eigenvalue weighted by Gasteiger charge is -2.18. The fourth-order valence-corrected chi connectivity index (χ4v) is 3.88. The van der Waals surface area contributed by atoms with E-state index in [1.54, 1.807) is 6.07 Å². The third kappa shape index (κ3) is 3.27. The van der Waals surface area contributed by atoms with Gasteiger partial charge in [-0.3, -0.25) is 11.3 Å². The zero-order chi connectivity index (χ0) is 14.8. The Morgan fingerprint density at radius 3 is 2.71 bits per heavy atom. The standard InChI is InChI=1S/C17H18FIN2/c18-14-6-7-15(16(19)10-14)17(21-20)9-11-4-5-12-2-1-3-13(12)8-11/h4-8,10,17,21H,1-3,9,20H2. The minimum Gasteiger partial charge on any atom is -0.271 e. The number of nitrogens with two attached hydrogens (primary N) is 1. The molecule has 1 aliphatic carbocycles. The molecular weight excluding hydrogens is 378 g/mol. The fourth-order valence-electron chi connectivity index (χ4n) is 3.03. The highest BCUT2D eigenvalue weighted by molar-refractivity contribution is 14.1. The monoisotopic (exact) mass is 396 g/mol. The molecule has 1 atom stereocenters. The average Bonchev–Trinajstić information content (AvgIpc) is 2.93. The Morgan fingerprint density at radius 2 is 1.95 bits per heavy atom. The predicted molar refractivity (Wildman–Crippen MR) is 91.4 cm³/mol. The van der Waals surface area contributed by atoms with Crippen molar-refractivity contribution in [1.82, 2.24) is 5.43 Å². The first-order valence-corrected chi connectivity index (χ1v) is 8.27. The molecule has 0 radical (unpaired) electrons. The van der Waals surface area contributed by atoms with Gasteiger partial charge in [0.15, 0.2) is 0 Å². The zero-order valence-electron chi connectivity index (χ0n) is 11.7. The maximum Gasteiger partial charge on any atom is 0.124 e. The first-order valence-electron chi connectivity index (χ1n) is 7.19. The topological polar surface area (TPSA) is 38.0 Å². The lowest BCUT2D eigenvalue weighted by atomic mass is 9.97. The molecule has 0 aliphatic heterocycles. The maximum absolute atomic E-state index is 13.2. The van der Waals surface area contributed by atoms with Crippen LogP contribution in [0.2, 0.25) is 0 Å². The summed E-state index contributed by atoms with van der Waals surface area (Å²) in [7, 11) is 0. The van der Waals surface area contributed by atoms with E-state index < -0.39 is 0 Å². The molecule has 0 fully saturated rings. The number of rotatable bonds is 4. The van der Waals surface area contributed by atoms with Crippen molar-refractivity contribution < 1.29 is 4.39 Å². The molecule has 2 aromatic carbocycles. The summed E-state index contributed by atoms with van der Waals surface area (Å²) in [4.78, 5) is 0. The van der Waals surface area contributed by atoms with Crippen LogP contribution in [0.5, 0.6) is 0 Å². The molecule has 3 N–H and O–H groups in total. The van der Waals surface area contributed by atoms with Crippen LogP contribution in [0, 0.1) is 9.39 Å². The second-order valence-electron chi connectivity index (χ2n) is 5.55. The first-order chi connectivity index (χ1) is 10.2. The van der Waals surface area contributed by atoms with Gasteiger partial charge in [-0.2, -0.15) is 0 Å². The number of hydrazine groups is 1. The molecule has 3 rings (SSSR count). The van der Waals surface area contributed by atoms with Crippen molar-refractivity contribution in [2.24, 2.45) is 5.84 Å². The van der Waals surface area contributed by atoms with E-state index in [1.807, 2.05) is 6.07 Å². The molecule has 0 heterocycles. The summed E-state index contributed by atoms with van der Waals surface area (Å²) in [6.07, 6.45) is 4.45. The highest BCUT2D eigenvalue weighted by atomic mass is 127. The van der Waals surface area contributed by atoms with Gasteiger partial charge >= 0.3 is 0 Å². The molecule has 0 spiro atoms. The third-order valence-electron chi connectivity index (χ3n) is 4.14. The molecule has 1 unspecified atom stereocenters. The van der Waals surface area contributed by atoms with Crippen LogP contribution in [0.4, 0.5) is 4.39 Å². The molecule has 0 amide bonds. The van der Waals surface area contributed by atoms with Crippen molar-refractivity contribution in [1.29, 1.82) is 0 Å². The molecule has 2 nitrogen and oxygen atoms in total. The number of hydrogen-bond donors (Lipinski definition) is 2.